The number of aliphatic hydroxyl groups excluding tert-OH is 1. The molecule has 2 aromatic rings. The van der Waals surface area contributed by atoms with Crippen molar-refractivity contribution in [1.29, 1.82) is 0 Å². The summed E-state index contributed by atoms with van der Waals surface area (Å²) in [4.78, 5) is 4.23. The van der Waals surface area contributed by atoms with Gasteiger partial charge in [-0.3, -0.25) is 0 Å². The average Bonchev–Trinajstić information content (AvgIpc) is 2.90. The molecule has 1 unspecified atom stereocenters. The maximum Gasteiger partial charge on any atom is 0.417 e. The lowest BCUT2D eigenvalue weighted by atomic mass is 10.1. The van der Waals surface area contributed by atoms with Crippen molar-refractivity contribution < 1.29 is 18.3 Å². The standard InChI is InChI=1S/C14H14F3N3O/c15-14(16,17)11-6-2-1-5-10(11)13-18-12-7-3-4-9(8-21)20(12)19-13/h1-2,5-6,9,21H,3-4,7-8H2. The number of alkyl halides is 3. The van der Waals surface area contributed by atoms with Crippen LogP contribution in [-0.4, -0.2) is 26.5 Å². The van der Waals surface area contributed by atoms with Crippen LogP contribution in [0.3, 0.4) is 0 Å². The number of rotatable bonds is 2. The van der Waals surface area contributed by atoms with E-state index >= 15 is 0 Å². The van der Waals surface area contributed by atoms with E-state index in [2.05, 4.69) is 10.1 Å². The first-order valence-corrected chi connectivity index (χ1v) is 6.73. The normalized spacial score (nSPS) is 18.6. The Labute approximate surface area is 119 Å². The molecule has 0 saturated heterocycles. The van der Waals surface area contributed by atoms with E-state index in [-0.39, 0.29) is 24.0 Å². The third-order valence-corrected chi connectivity index (χ3v) is 3.67. The van der Waals surface area contributed by atoms with Crippen LogP contribution in [0.5, 0.6) is 0 Å². The van der Waals surface area contributed by atoms with E-state index < -0.39 is 11.7 Å². The van der Waals surface area contributed by atoms with Crippen LogP contribution >= 0.6 is 0 Å². The molecule has 3 rings (SSSR count). The maximum atomic E-state index is 13.1. The Morgan fingerprint density at radius 3 is 2.76 bits per heavy atom. The molecule has 0 aliphatic carbocycles. The first kappa shape index (κ1) is 14.1. The highest BCUT2D eigenvalue weighted by molar-refractivity contribution is 5.61. The van der Waals surface area contributed by atoms with Gasteiger partial charge in [-0.05, 0) is 18.9 Å². The van der Waals surface area contributed by atoms with E-state index in [4.69, 9.17) is 0 Å². The molecule has 0 bridgehead atoms. The van der Waals surface area contributed by atoms with E-state index in [1.807, 2.05) is 0 Å². The zero-order valence-electron chi connectivity index (χ0n) is 11.1. The highest BCUT2D eigenvalue weighted by Crippen LogP contribution is 2.36. The minimum Gasteiger partial charge on any atom is -0.394 e. The van der Waals surface area contributed by atoms with Gasteiger partial charge < -0.3 is 5.11 Å². The Morgan fingerprint density at radius 2 is 2.05 bits per heavy atom. The number of fused-ring (bicyclic) bond motifs is 1. The third-order valence-electron chi connectivity index (χ3n) is 3.67. The molecule has 1 N–H and O–H groups in total. The van der Waals surface area contributed by atoms with Gasteiger partial charge in [-0.1, -0.05) is 18.2 Å². The second kappa shape index (κ2) is 5.14. The summed E-state index contributed by atoms with van der Waals surface area (Å²) in [7, 11) is 0. The largest absolute Gasteiger partial charge is 0.417 e. The lowest BCUT2D eigenvalue weighted by Gasteiger charge is -2.20. The number of hydrogen-bond acceptors (Lipinski definition) is 3. The van der Waals surface area contributed by atoms with E-state index in [9.17, 15) is 18.3 Å². The van der Waals surface area contributed by atoms with E-state index in [0.29, 0.717) is 12.2 Å². The summed E-state index contributed by atoms with van der Waals surface area (Å²) in [5.74, 6) is 0.700. The minimum absolute atomic E-state index is 0.0245. The van der Waals surface area contributed by atoms with Gasteiger partial charge in [-0.2, -0.15) is 18.3 Å². The smallest absolute Gasteiger partial charge is 0.394 e. The zero-order chi connectivity index (χ0) is 15.0. The van der Waals surface area contributed by atoms with Crippen LogP contribution in [0.2, 0.25) is 0 Å². The molecule has 1 aliphatic rings. The van der Waals surface area contributed by atoms with Crippen molar-refractivity contribution in [2.75, 3.05) is 6.61 Å². The fourth-order valence-corrected chi connectivity index (χ4v) is 2.64. The van der Waals surface area contributed by atoms with Gasteiger partial charge in [0.25, 0.3) is 0 Å². The summed E-state index contributed by atoms with van der Waals surface area (Å²) < 4.78 is 40.7. The molecule has 0 radical (unpaired) electrons. The third kappa shape index (κ3) is 2.53. The molecule has 1 aromatic carbocycles. The van der Waals surface area contributed by atoms with Crippen molar-refractivity contribution in [2.24, 2.45) is 0 Å². The first-order chi connectivity index (χ1) is 10.0. The number of halogens is 3. The lowest BCUT2D eigenvalue weighted by molar-refractivity contribution is -0.137. The predicted molar refractivity (Wildman–Crippen MR) is 69.5 cm³/mol. The summed E-state index contributed by atoms with van der Waals surface area (Å²) in [6.07, 6.45) is -2.17. The lowest BCUT2D eigenvalue weighted by Crippen LogP contribution is -2.21. The van der Waals surface area contributed by atoms with E-state index in [0.717, 1.165) is 18.9 Å². The molecule has 7 heteroatoms. The second-order valence-corrected chi connectivity index (χ2v) is 5.07. The van der Waals surface area contributed by atoms with Crippen LogP contribution in [0.1, 0.15) is 30.3 Å². The second-order valence-electron chi connectivity index (χ2n) is 5.07. The predicted octanol–water partition coefficient (Wildman–Crippen LogP) is 2.83. The molecule has 1 atom stereocenters. The molecule has 2 heterocycles. The van der Waals surface area contributed by atoms with Crippen molar-refractivity contribution in [3.05, 3.63) is 35.7 Å². The van der Waals surface area contributed by atoms with Crippen LogP contribution in [0.15, 0.2) is 24.3 Å². The molecule has 21 heavy (non-hydrogen) atoms. The van der Waals surface area contributed by atoms with Crippen LogP contribution in [0.4, 0.5) is 13.2 Å². The Morgan fingerprint density at radius 1 is 1.29 bits per heavy atom. The van der Waals surface area contributed by atoms with Crippen LogP contribution in [0, 0.1) is 0 Å². The van der Waals surface area contributed by atoms with Crippen molar-refractivity contribution in [3.8, 4) is 11.4 Å². The number of nitrogens with zero attached hydrogens (tertiary/aromatic N) is 3. The highest BCUT2D eigenvalue weighted by atomic mass is 19.4. The van der Waals surface area contributed by atoms with E-state index in [1.165, 1.54) is 18.2 Å². The number of aryl methyl sites for hydroxylation is 1. The Balaban J connectivity index is 2.09. The van der Waals surface area contributed by atoms with Crippen molar-refractivity contribution in [3.63, 3.8) is 0 Å². The van der Waals surface area contributed by atoms with Crippen LogP contribution in [-0.2, 0) is 12.6 Å². The Kier molecular flexibility index (Phi) is 3.44. The van der Waals surface area contributed by atoms with Gasteiger partial charge in [0, 0.05) is 12.0 Å². The molecule has 0 amide bonds. The maximum absolute atomic E-state index is 13.1. The molecule has 112 valence electrons. The fourth-order valence-electron chi connectivity index (χ4n) is 2.64. The zero-order valence-corrected chi connectivity index (χ0v) is 11.1. The molecule has 0 spiro atoms. The topological polar surface area (TPSA) is 50.9 Å². The van der Waals surface area contributed by atoms with E-state index in [1.54, 1.807) is 4.68 Å². The summed E-state index contributed by atoms with van der Waals surface area (Å²) in [5, 5.41) is 13.5. The SMILES string of the molecule is OCC1CCCc2nc(-c3ccccc3C(F)(F)F)nn21. The molecule has 0 fully saturated rings. The van der Waals surface area contributed by atoms with Gasteiger partial charge >= 0.3 is 6.18 Å². The monoisotopic (exact) mass is 297 g/mol. The highest BCUT2D eigenvalue weighted by Gasteiger charge is 2.35. The van der Waals surface area contributed by atoms with Gasteiger partial charge in [0.2, 0.25) is 0 Å². The van der Waals surface area contributed by atoms with Gasteiger partial charge in [-0.25, -0.2) is 9.67 Å². The van der Waals surface area contributed by atoms with Crippen LogP contribution in [0.25, 0.3) is 11.4 Å². The summed E-state index contributed by atoms with van der Waals surface area (Å²) in [5.41, 5.74) is -0.767. The summed E-state index contributed by atoms with van der Waals surface area (Å²) in [6, 6.07) is 5.08. The summed E-state index contributed by atoms with van der Waals surface area (Å²) >= 11 is 0. The fraction of sp³-hybridized carbons (Fsp3) is 0.429. The Bertz CT molecular complexity index is 651. The molecule has 4 nitrogen and oxygen atoms in total. The quantitative estimate of drug-likeness (QED) is 0.927. The van der Waals surface area contributed by atoms with Gasteiger partial charge in [0.15, 0.2) is 5.82 Å². The summed E-state index contributed by atoms with van der Waals surface area (Å²) in [6.45, 7) is -0.0866. The van der Waals surface area contributed by atoms with Crippen molar-refractivity contribution in [2.45, 2.75) is 31.5 Å². The number of hydrogen-bond donors (Lipinski definition) is 1. The first-order valence-electron chi connectivity index (χ1n) is 6.73. The number of benzene rings is 1. The number of aliphatic hydroxyl groups is 1. The van der Waals surface area contributed by atoms with Gasteiger partial charge in [0.1, 0.15) is 5.82 Å². The van der Waals surface area contributed by atoms with Crippen LogP contribution < -0.4 is 0 Å². The number of aromatic nitrogens is 3. The molecular weight excluding hydrogens is 283 g/mol. The average molecular weight is 297 g/mol. The van der Waals surface area contributed by atoms with Crippen molar-refractivity contribution in [1.82, 2.24) is 14.8 Å². The molecule has 1 aromatic heterocycles. The molecule has 0 saturated carbocycles. The van der Waals surface area contributed by atoms with Gasteiger partial charge in [-0.15, -0.1) is 0 Å². The minimum atomic E-state index is -4.45. The van der Waals surface area contributed by atoms with Crippen molar-refractivity contribution >= 4 is 0 Å². The molecule has 1 aliphatic heterocycles. The van der Waals surface area contributed by atoms with Gasteiger partial charge in [0.05, 0.1) is 18.2 Å². The Hall–Kier alpha value is -1.89. The molecular formula is C14H14F3N3O.